The summed E-state index contributed by atoms with van der Waals surface area (Å²) >= 11 is 0. The van der Waals surface area contributed by atoms with E-state index in [9.17, 15) is 4.79 Å². The molecule has 0 saturated carbocycles. The number of nitrogens with one attached hydrogen (secondary N) is 2. The van der Waals surface area contributed by atoms with Gasteiger partial charge in [-0.2, -0.15) is 0 Å². The van der Waals surface area contributed by atoms with Gasteiger partial charge in [-0.3, -0.25) is 9.69 Å². The molecule has 3 heterocycles. The summed E-state index contributed by atoms with van der Waals surface area (Å²) in [5, 5.41) is 6.19. The zero-order chi connectivity index (χ0) is 17.0. The molecule has 138 valence electrons. The Morgan fingerprint density at radius 2 is 2.04 bits per heavy atom. The second-order valence-electron chi connectivity index (χ2n) is 8.28. The van der Waals surface area contributed by atoms with Gasteiger partial charge in [0.1, 0.15) is 0 Å². The van der Waals surface area contributed by atoms with Crippen molar-refractivity contribution in [2.45, 2.75) is 32.3 Å². The van der Waals surface area contributed by atoms with Crippen molar-refractivity contribution in [2.75, 3.05) is 66.0 Å². The molecule has 3 rings (SSSR count). The van der Waals surface area contributed by atoms with Crippen molar-refractivity contribution in [3.8, 4) is 0 Å². The van der Waals surface area contributed by atoms with E-state index < -0.39 is 0 Å². The average Bonchev–Trinajstić information content (AvgIpc) is 2.49. The highest BCUT2D eigenvalue weighted by Gasteiger charge is 2.32. The van der Waals surface area contributed by atoms with Crippen molar-refractivity contribution in [3.63, 3.8) is 0 Å². The normalized spacial score (nSPS) is 29.2. The topological polar surface area (TPSA) is 56.8 Å². The van der Waals surface area contributed by atoms with E-state index in [1.54, 1.807) is 0 Å². The van der Waals surface area contributed by atoms with Crippen LogP contribution in [0, 0.1) is 11.3 Å². The predicted molar refractivity (Wildman–Crippen MR) is 95.0 cm³/mol. The lowest BCUT2D eigenvalue weighted by atomic mass is 9.80. The first-order valence-electron chi connectivity index (χ1n) is 9.55. The fourth-order valence-corrected chi connectivity index (χ4v) is 3.93. The molecule has 3 aliphatic rings. The number of carbonyl (C=O) groups excluding carboxylic acids is 1. The summed E-state index contributed by atoms with van der Waals surface area (Å²) in [5.41, 5.74) is 0.444. The minimum Gasteiger partial charge on any atom is -0.375 e. The molecule has 0 spiro atoms. The van der Waals surface area contributed by atoms with E-state index in [4.69, 9.17) is 4.74 Å². The lowest BCUT2D eigenvalue weighted by molar-refractivity contribution is -0.126. The zero-order valence-corrected chi connectivity index (χ0v) is 15.4. The molecule has 24 heavy (non-hydrogen) atoms. The van der Waals surface area contributed by atoms with Gasteiger partial charge in [-0.15, -0.1) is 0 Å². The van der Waals surface area contributed by atoms with Crippen LogP contribution < -0.4 is 10.6 Å². The molecule has 6 nitrogen and oxygen atoms in total. The smallest absolute Gasteiger partial charge is 0.225 e. The van der Waals surface area contributed by atoms with Gasteiger partial charge in [0.15, 0.2) is 0 Å². The van der Waals surface area contributed by atoms with E-state index in [1.165, 1.54) is 32.5 Å². The maximum Gasteiger partial charge on any atom is 0.225 e. The quantitative estimate of drug-likeness (QED) is 0.722. The third-order valence-electron chi connectivity index (χ3n) is 5.94. The number of rotatable bonds is 6. The fourth-order valence-electron chi connectivity index (χ4n) is 3.93. The van der Waals surface area contributed by atoms with E-state index in [0.29, 0.717) is 5.41 Å². The number of hydrogen-bond acceptors (Lipinski definition) is 5. The van der Waals surface area contributed by atoms with E-state index in [0.717, 1.165) is 45.8 Å². The van der Waals surface area contributed by atoms with Crippen LogP contribution >= 0.6 is 0 Å². The van der Waals surface area contributed by atoms with Crippen LogP contribution in [-0.4, -0.2) is 87.8 Å². The van der Waals surface area contributed by atoms with Crippen molar-refractivity contribution < 1.29 is 9.53 Å². The minimum atomic E-state index is 0.179. The largest absolute Gasteiger partial charge is 0.375 e. The van der Waals surface area contributed by atoms with Gasteiger partial charge in [0.05, 0.1) is 18.6 Å². The molecule has 0 aliphatic carbocycles. The van der Waals surface area contributed by atoms with E-state index >= 15 is 0 Å². The van der Waals surface area contributed by atoms with Crippen LogP contribution in [-0.2, 0) is 9.53 Å². The molecule has 3 fully saturated rings. The number of amides is 1. The fraction of sp³-hybridized carbons (Fsp3) is 0.944. The molecule has 3 saturated heterocycles. The Bertz CT molecular complexity index is 419. The van der Waals surface area contributed by atoms with Crippen molar-refractivity contribution in [2.24, 2.45) is 11.3 Å². The van der Waals surface area contributed by atoms with E-state index in [1.807, 2.05) is 0 Å². The van der Waals surface area contributed by atoms with Crippen LogP contribution in [0.1, 0.15) is 26.2 Å². The number of morpholine rings is 1. The molecule has 1 atom stereocenters. The lowest BCUT2D eigenvalue weighted by Gasteiger charge is -2.43. The molecule has 0 aromatic heterocycles. The van der Waals surface area contributed by atoms with Gasteiger partial charge in [-0.05, 0) is 44.8 Å². The van der Waals surface area contributed by atoms with Gasteiger partial charge in [-0.1, -0.05) is 6.92 Å². The Kier molecular flexibility index (Phi) is 6.13. The monoisotopic (exact) mass is 338 g/mol. The minimum absolute atomic E-state index is 0.179. The number of ether oxygens (including phenoxy) is 1. The van der Waals surface area contributed by atoms with Gasteiger partial charge in [0.2, 0.25) is 5.91 Å². The van der Waals surface area contributed by atoms with Gasteiger partial charge < -0.3 is 20.3 Å². The van der Waals surface area contributed by atoms with Crippen molar-refractivity contribution in [1.82, 2.24) is 20.4 Å². The number of likely N-dealkylation sites (tertiary alicyclic amines) is 1. The van der Waals surface area contributed by atoms with Gasteiger partial charge in [-0.25, -0.2) is 0 Å². The SMILES string of the molecule is CN1CCC(C)(CN2CCO[C@@H](CCNC(=O)C3CNC3)C2)CC1. The zero-order valence-electron chi connectivity index (χ0n) is 15.4. The number of carbonyl (C=O) groups is 1. The van der Waals surface area contributed by atoms with Gasteiger partial charge >= 0.3 is 0 Å². The molecule has 0 radical (unpaired) electrons. The number of hydrogen-bond donors (Lipinski definition) is 2. The Hall–Kier alpha value is -0.690. The molecule has 0 aromatic rings. The third-order valence-corrected chi connectivity index (χ3v) is 5.94. The second kappa shape index (κ2) is 8.13. The summed E-state index contributed by atoms with van der Waals surface area (Å²) in [7, 11) is 2.22. The van der Waals surface area contributed by atoms with Crippen LogP contribution in [0.5, 0.6) is 0 Å². The predicted octanol–water partition coefficient (Wildman–Crippen LogP) is 0.145. The molecule has 0 aromatic carbocycles. The summed E-state index contributed by atoms with van der Waals surface area (Å²) in [5.74, 6) is 0.374. The molecule has 1 amide bonds. The van der Waals surface area contributed by atoms with Crippen LogP contribution in [0.25, 0.3) is 0 Å². The highest BCUT2D eigenvalue weighted by Crippen LogP contribution is 2.31. The van der Waals surface area contributed by atoms with Crippen LogP contribution in [0.15, 0.2) is 0 Å². The molecule has 6 heteroatoms. The summed E-state index contributed by atoms with van der Waals surface area (Å²) in [6.07, 6.45) is 3.75. The molecular formula is C18H34N4O2. The Morgan fingerprint density at radius 1 is 1.29 bits per heavy atom. The maximum atomic E-state index is 11.9. The number of nitrogens with zero attached hydrogens (tertiary/aromatic N) is 2. The van der Waals surface area contributed by atoms with E-state index in [2.05, 4.69) is 34.4 Å². The maximum absolute atomic E-state index is 11.9. The highest BCUT2D eigenvalue weighted by molar-refractivity contribution is 5.79. The molecule has 0 unspecified atom stereocenters. The molecular weight excluding hydrogens is 304 g/mol. The average molecular weight is 338 g/mol. The third kappa shape index (κ3) is 4.91. The molecule has 3 aliphatic heterocycles. The van der Waals surface area contributed by atoms with Crippen LogP contribution in [0.4, 0.5) is 0 Å². The first kappa shape index (κ1) is 18.1. The van der Waals surface area contributed by atoms with Crippen molar-refractivity contribution >= 4 is 5.91 Å². The Balaban J connectivity index is 1.37. The van der Waals surface area contributed by atoms with Crippen molar-refractivity contribution in [1.29, 1.82) is 0 Å². The Labute approximate surface area is 146 Å². The standard InChI is InChI=1S/C18H34N4O2/c1-18(4-7-21(2)8-5-18)14-22-9-10-24-16(13-22)3-6-20-17(23)15-11-19-12-15/h15-16,19H,3-14H2,1-2H3,(H,20,23)/t16-/m0/s1. The Morgan fingerprint density at radius 3 is 2.71 bits per heavy atom. The van der Waals surface area contributed by atoms with Gasteiger partial charge in [0.25, 0.3) is 0 Å². The first-order chi connectivity index (χ1) is 11.5. The summed E-state index contributed by atoms with van der Waals surface area (Å²) in [6.45, 7) is 11.3. The van der Waals surface area contributed by atoms with Gasteiger partial charge in [0, 0.05) is 39.3 Å². The molecule has 2 N–H and O–H groups in total. The first-order valence-corrected chi connectivity index (χ1v) is 9.55. The molecule has 0 bridgehead atoms. The summed E-state index contributed by atoms with van der Waals surface area (Å²) in [4.78, 5) is 16.9. The lowest BCUT2D eigenvalue weighted by Crippen LogP contribution is -2.52. The van der Waals surface area contributed by atoms with Crippen LogP contribution in [0.2, 0.25) is 0 Å². The second-order valence-corrected chi connectivity index (χ2v) is 8.28. The van der Waals surface area contributed by atoms with Crippen molar-refractivity contribution in [3.05, 3.63) is 0 Å². The summed E-state index contributed by atoms with van der Waals surface area (Å²) < 4.78 is 5.92. The van der Waals surface area contributed by atoms with Crippen LogP contribution in [0.3, 0.4) is 0 Å². The highest BCUT2D eigenvalue weighted by atomic mass is 16.5. The van der Waals surface area contributed by atoms with E-state index in [-0.39, 0.29) is 17.9 Å². The summed E-state index contributed by atoms with van der Waals surface area (Å²) in [6, 6.07) is 0. The number of piperidine rings is 1.